The van der Waals surface area contributed by atoms with Crippen LogP contribution in [0.2, 0.25) is 0 Å². The highest BCUT2D eigenvalue weighted by atomic mass is 32.3. The molecule has 3 aromatic heterocycles. The Morgan fingerprint density at radius 2 is 0.820 bits per heavy atom. The molecule has 0 aliphatic carbocycles. The lowest BCUT2D eigenvalue weighted by Gasteiger charge is -2.42. The number of aromatic nitrogens is 4. The molecule has 0 saturated heterocycles. The van der Waals surface area contributed by atoms with Gasteiger partial charge in [-0.1, -0.05) is 121 Å². The van der Waals surface area contributed by atoms with Gasteiger partial charge in [0, 0.05) is 42.3 Å². The summed E-state index contributed by atoms with van der Waals surface area (Å²) in [5, 5.41) is 1.10. The maximum atomic E-state index is 5.29. The highest BCUT2D eigenvalue weighted by Gasteiger charge is 2.33. The maximum absolute atomic E-state index is 5.29. The van der Waals surface area contributed by atoms with Crippen molar-refractivity contribution < 1.29 is 0 Å². The van der Waals surface area contributed by atoms with Crippen LogP contribution in [0.1, 0.15) is 0 Å². The van der Waals surface area contributed by atoms with Gasteiger partial charge in [-0.2, -0.15) is 0 Å². The molecule has 9 aromatic rings. The average Bonchev–Trinajstić information content (AvgIpc) is 3.54. The molecule has 5 heteroatoms. The van der Waals surface area contributed by atoms with Gasteiger partial charge >= 0.3 is 0 Å². The Kier molecular flexibility index (Phi) is 7.52. The lowest BCUT2D eigenvalue weighted by atomic mass is 10.1. The van der Waals surface area contributed by atoms with Crippen LogP contribution < -0.4 is 0 Å². The normalized spacial score (nSPS) is 11.9. The van der Waals surface area contributed by atoms with Crippen LogP contribution >= 0.6 is 10.0 Å². The van der Waals surface area contributed by atoms with Gasteiger partial charge in [-0.15, -0.1) is 10.0 Å². The van der Waals surface area contributed by atoms with E-state index in [-0.39, 0.29) is 0 Å². The van der Waals surface area contributed by atoms with E-state index in [0.29, 0.717) is 17.5 Å². The smallest absolute Gasteiger partial charge is 0.166 e. The highest BCUT2D eigenvalue weighted by Crippen LogP contribution is 2.73. The second-order valence-corrected chi connectivity index (χ2v) is 15.2. The first-order chi connectivity index (χ1) is 24.8. The molecule has 0 spiro atoms. The Labute approximate surface area is 292 Å². The average molecular weight is 661 g/mol. The molecule has 9 rings (SSSR count). The van der Waals surface area contributed by atoms with Crippen LogP contribution in [-0.2, 0) is 0 Å². The molecule has 3 heterocycles. The van der Waals surface area contributed by atoms with Crippen molar-refractivity contribution in [2.45, 2.75) is 19.6 Å². The van der Waals surface area contributed by atoms with E-state index in [0.717, 1.165) is 33.1 Å². The fourth-order valence-corrected chi connectivity index (χ4v) is 10.9. The Morgan fingerprint density at radius 3 is 1.46 bits per heavy atom. The number of benzene rings is 6. The van der Waals surface area contributed by atoms with Crippen LogP contribution in [0.4, 0.5) is 0 Å². The third-order valence-electron chi connectivity index (χ3n) is 9.18. The maximum Gasteiger partial charge on any atom is 0.166 e. The van der Waals surface area contributed by atoms with E-state index in [2.05, 4.69) is 180 Å². The molecule has 4 nitrogen and oxygen atoms in total. The van der Waals surface area contributed by atoms with Gasteiger partial charge in [0.15, 0.2) is 17.5 Å². The summed E-state index contributed by atoms with van der Waals surface area (Å²) in [4.78, 5) is 20.6. The Hall–Kier alpha value is -6.30. The van der Waals surface area contributed by atoms with Crippen molar-refractivity contribution in [2.75, 3.05) is 0 Å². The van der Waals surface area contributed by atoms with Crippen LogP contribution in [0.15, 0.2) is 214 Å². The lowest BCUT2D eigenvalue weighted by Crippen LogP contribution is -2.06. The molecule has 0 aliphatic rings. The predicted octanol–water partition coefficient (Wildman–Crippen LogP) is 11.6. The summed E-state index contributed by atoms with van der Waals surface area (Å²) in [6.45, 7) is 0. The zero-order chi connectivity index (χ0) is 33.3. The van der Waals surface area contributed by atoms with Gasteiger partial charge in [-0.3, -0.25) is 0 Å². The molecule has 0 bridgehead atoms. The second kappa shape index (κ2) is 12.6. The standard InChI is InChI=1S/C45H32N4S/c1-5-18-33(19-6-1)43-46-44(48-45(47-43)42-39-28-13-14-29-40(39)49-31-16-15-30-41(42)49)34-20-17-27-38(32-34)50(35-21-7-2-8-22-35,36-23-9-3-10-24-36)37-25-11-4-12-26-37/h1-32H. The van der Waals surface area contributed by atoms with E-state index < -0.39 is 10.0 Å². The first-order valence-corrected chi connectivity index (χ1v) is 18.3. The van der Waals surface area contributed by atoms with Crippen molar-refractivity contribution in [2.24, 2.45) is 0 Å². The summed E-state index contributed by atoms with van der Waals surface area (Å²) < 4.78 is 2.22. The van der Waals surface area contributed by atoms with E-state index in [1.54, 1.807) is 0 Å². The van der Waals surface area contributed by atoms with Crippen molar-refractivity contribution in [1.29, 1.82) is 0 Å². The number of pyridine rings is 1. The third kappa shape index (κ3) is 4.99. The first kappa shape index (κ1) is 29.8. The molecule has 50 heavy (non-hydrogen) atoms. The van der Waals surface area contributed by atoms with Gasteiger partial charge in [-0.05, 0) is 66.7 Å². The number of rotatable bonds is 7. The molecule has 0 fully saturated rings. The van der Waals surface area contributed by atoms with E-state index in [1.807, 2.05) is 18.2 Å². The molecular formula is C45H32N4S. The summed E-state index contributed by atoms with van der Waals surface area (Å²) in [6.07, 6.45) is 2.10. The molecule has 0 atom stereocenters. The lowest BCUT2D eigenvalue weighted by molar-refractivity contribution is 1.07. The van der Waals surface area contributed by atoms with Crippen molar-refractivity contribution in [1.82, 2.24) is 19.4 Å². The van der Waals surface area contributed by atoms with Crippen LogP contribution in [0, 0.1) is 0 Å². The number of hydrogen-bond donors (Lipinski definition) is 0. The largest absolute Gasteiger partial charge is 0.316 e. The molecule has 0 radical (unpaired) electrons. The predicted molar refractivity (Wildman–Crippen MR) is 205 cm³/mol. The number of fused-ring (bicyclic) bond motifs is 3. The zero-order valence-electron chi connectivity index (χ0n) is 27.2. The summed E-state index contributed by atoms with van der Waals surface area (Å²) >= 11 is 0. The van der Waals surface area contributed by atoms with E-state index in [9.17, 15) is 0 Å². The van der Waals surface area contributed by atoms with Gasteiger partial charge in [0.1, 0.15) is 0 Å². The molecule has 0 saturated carbocycles. The second-order valence-electron chi connectivity index (χ2n) is 12.1. The van der Waals surface area contributed by atoms with Gasteiger partial charge in [-0.25, -0.2) is 15.0 Å². The summed E-state index contributed by atoms with van der Waals surface area (Å²) in [5.41, 5.74) is 5.05. The quantitative estimate of drug-likeness (QED) is 0.171. The number of hydrogen-bond acceptors (Lipinski definition) is 3. The Morgan fingerprint density at radius 1 is 0.360 bits per heavy atom. The first-order valence-electron chi connectivity index (χ1n) is 16.7. The zero-order valence-corrected chi connectivity index (χ0v) is 28.0. The van der Waals surface area contributed by atoms with Crippen LogP contribution in [0.25, 0.3) is 50.6 Å². The highest BCUT2D eigenvalue weighted by molar-refractivity contribution is 8.34. The van der Waals surface area contributed by atoms with E-state index >= 15 is 0 Å². The van der Waals surface area contributed by atoms with E-state index in [4.69, 9.17) is 15.0 Å². The SMILES string of the molecule is c1ccc(-c2nc(-c3cccc(S(c4ccccc4)(c4ccccc4)c4ccccc4)c3)nc(-c3c4ccccc4n4ccccc34)n2)cc1. The molecule has 6 aromatic carbocycles. The van der Waals surface area contributed by atoms with Gasteiger partial charge in [0.2, 0.25) is 0 Å². The van der Waals surface area contributed by atoms with E-state index in [1.165, 1.54) is 19.6 Å². The van der Waals surface area contributed by atoms with Crippen molar-refractivity contribution in [3.8, 4) is 34.2 Å². The Balaban J connectivity index is 1.32. The van der Waals surface area contributed by atoms with Crippen LogP contribution in [-0.4, -0.2) is 19.4 Å². The summed E-state index contributed by atoms with van der Waals surface area (Å²) in [6, 6.07) is 66.5. The summed E-state index contributed by atoms with van der Waals surface area (Å²) in [5.74, 6) is 1.93. The topological polar surface area (TPSA) is 43.1 Å². The Bertz CT molecular complexity index is 2440. The van der Waals surface area contributed by atoms with Gasteiger partial charge in [0.25, 0.3) is 0 Å². The number of nitrogens with zero attached hydrogens (tertiary/aromatic N) is 4. The summed E-state index contributed by atoms with van der Waals surface area (Å²) in [7, 11) is -1.89. The van der Waals surface area contributed by atoms with Crippen LogP contribution in [0.5, 0.6) is 0 Å². The van der Waals surface area contributed by atoms with Crippen molar-refractivity contribution in [3.05, 3.63) is 194 Å². The van der Waals surface area contributed by atoms with Gasteiger partial charge < -0.3 is 4.40 Å². The van der Waals surface area contributed by atoms with Crippen molar-refractivity contribution in [3.63, 3.8) is 0 Å². The molecule has 0 aliphatic heterocycles. The molecule has 0 N–H and O–H groups in total. The molecule has 0 amide bonds. The minimum absolute atomic E-state index is 0.637. The minimum atomic E-state index is -1.89. The third-order valence-corrected chi connectivity index (χ3v) is 13.1. The minimum Gasteiger partial charge on any atom is -0.316 e. The van der Waals surface area contributed by atoms with Crippen LogP contribution in [0.3, 0.4) is 0 Å². The molecular weight excluding hydrogens is 629 g/mol. The molecule has 0 unspecified atom stereocenters. The van der Waals surface area contributed by atoms with Crippen molar-refractivity contribution >= 4 is 26.4 Å². The molecule has 238 valence electrons. The fourth-order valence-electron chi connectivity index (χ4n) is 6.97. The number of para-hydroxylation sites is 1. The monoisotopic (exact) mass is 660 g/mol. The van der Waals surface area contributed by atoms with Gasteiger partial charge in [0.05, 0.1) is 16.6 Å². The fraction of sp³-hybridized carbons (Fsp3) is 0.